The molecule has 1 rings (SSSR count). The van der Waals surface area contributed by atoms with E-state index in [1.807, 2.05) is 0 Å². The van der Waals surface area contributed by atoms with Crippen molar-refractivity contribution in [2.45, 2.75) is 6.92 Å². The highest BCUT2D eigenvalue weighted by Crippen LogP contribution is 2.18. The minimum absolute atomic E-state index is 0.307. The summed E-state index contributed by atoms with van der Waals surface area (Å²) in [5, 5.41) is 0. The molecule has 1 aromatic rings. The second-order valence-corrected chi connectivity index (χ2v) is 2.92. The molecule has 0 heterocycles. The number of ether oxygens (including phenoxy) is 2. The molecule has 4 heteroatoms. The Labute approximate surface area is 94.3 Å². The molecule has 0 fully saturated rings. The number of carbonyl (C=O) groups excluding carboxylic acids is 1. The van der Waals surface area contributed by atoms with E-state index >= 15 is 0 Å². The third-order valence-electron chi connectivity index (χ3n) is 1.84. The first-order valence-electron chi connectivity index (χ1n) is 4.79. The van der Waals surface area contributed by atoms with Gasteiger partial charge in [-0.3, -0.25) is 0 Å². The number of nitrogens with two attached hydrogens (primary N) is 1. The van der Waals surface area contributed by atoms with Gasteiger partial charge in [-0.15, -0.1) is 0 Å². The molecule has 0 unspecified atom stereocenters. The van der Waals surface area contributed by atoms with Crippen molar-refractivity contribution in [1.82, 2.24) is 0 Å². The van der Waals surface area contributed by atoms with Gasteiger partial charge in [-0.05, 0) is 25.1 Å². The van der Waals surface area contributed by atoms with Gasteiger partial charge in [0.15, 0.2) is 0 Å². The Morgan fingerprint density at radius 1 is 1.50 bits per heavy atom. The number of anilines is 1. The fourth-order valence-corrected chi connectivity index (χ4v) is 1.06. The van der Waals surface area contributed by atoms with Gasteiger partial charge in [0, 0.05) is 11.6 Å². The summed E-state index contributed by atoms with van der Waals surface area (Å²) in [5.74, 6) is 5.06. The normalized spacial score (nSPS) is 8.88. The summed E-state index contributed by atoms with van der Waals surface area (Å²) in [6.45, 7) is 2.03. The van der Waals surface area contributed by atoms with Crippen LogP contribution in [-0.4, -0.2) is 19.7 Å². The predicted molar refractivity (Wildman–Crippen MR) is 60.9 cm³/mol. The van der Waals surface area contributed by atoms with Gasteiger partial charge in [-0.2, -0.15) is 0 Å². The van der Waals surface area contributed by atoms with Crippen molar-refractivity contribution in [2.24, 2.45) is 0 Å². The Morgan fingerprint density at radius 3 is 2.88 bits per heavy atom. The molecule has 0 amide bonds. The second kappa shape index (κ2) is 5.66. The highest BCUT2D eigenvalue weighted by molar-refractivity contribution is 5.89. The maximum atomic E-state index is 11.0. The Balaban J connectivity index is 2.91. The Hall–Kier alpha value is -2.15. The van der Waals surface area contributed by atoms with Crippen LogP contribution in [0.25, 0.3) is 0 Å². The van der Waals surface area contributed by atoms with Crippen LogP contribution < -0.4 is 10.5 Å². The first-order chi connectivity index (χ1) is 7.67. The number of nitrogen functional groups attached to an aromatic ring is 1. The summed E-state index contributed by atoms with van der Waals surface area (Å²) in [4.78, 5) is 11.0. The number of rotatable bonds is 2. The van der Waals surface area contributed by atoms with Crippen molar-refractivity contribution >= 4 is 11.7 Å². The Kier molecular flexibility index (Phi) is 4.22. The van der Waals surface area contributed by atoms with E-state index in [1.165, 1.54) is 0 Å². The number of hydrogen-bond donors (Lipinski definition) is 1. The SMILES string of the molecule is CCOC(=O)C#Cc1cc(OC)ccc1N. The predicted octanol–water partition coefficient (Wildman–Crippen LogP) is 1.19. The first-order valence-corrected chi connectivity index (χ1v) is 4.79. The number of hydrogen-bond acceptors (Lipinski definition) is 4. The Morgan fingerprint density at radius 2 is 2.25 bits per heavy atom. The van der Waals surface area contributed by atoms with E-state index in [-0.39, 0.29) is 0 Å². The quantitative estimate of drug-likeness (QED) is 0.461. The largest absolute Gasteiger partial charge is 0.497 e. The summed E-state index contributed by atoms with van der Waals surface area (Å²) >= 11 is 0. The number of carbonyl (C=O) groups is 1. The van der Waals surface area contributed by atoms with Crippen LogP contribution in [0.3, 0.4) is 0 Å². The van der Waals surface area contributed by atoms with Crippen molar-refractivity contribution in [3.63, 3.8) is 0 Å². The van der Waals surface area contributed by atoms with Crippen molar-refractivity contribution in [3.8, 4) is 17.6 Å². The second-order valence-electron chi connectivity index (χ2n) is 2.92. The molecule has 0 spiro atoms. The molecule has 0 aromatic heterocycles. The van der Waals surface area contributed by atoms with Crippen LogP contribution in [0.2, 0.25) is 0 Å². The molecule has 0 saturated carbocycles. The van der Waals surface area contributed by atoms with E-state index < -0.39 is 5.97 Å². The fraction of sp³-hybridized carbons (Fsp3) is 0.250. The van der Waals surface area contributed by atoms with E-state index in [0.29, 0.717) is 23.6 Å². The van der Waals surface area contributed by atoms with Gasteiger partial charge >= 0.3 is 5.97 Å². The van der Waals surface area contributed by atoms with Crippen molar-refractivity contribution < 1.29 is 14.3 Å². The maximum Gasteiger partial charge on any atom is 0.384 e. The third kappa shape index (κ3) is 3.21. The van der Waals surface area contributed by atoms with Gasteiger partial charge in [0.1, 0.15) is 5.75 Å². The molecule has 0 aliphatic carbocycles. The molecule has 0 radical (unpaired) electrons. The van der Waals surface area contributed by atoms with Gasteiger partial charge in [0.05, 0.1) is 19.3 Å². The molecule has 0 atom stereocenters. The topological polar surface area (TPSA) is 61.5 Å². The number of esters is 1. The van der Waals surface area contributed by atoms with Crippen molar-refractivity contribution in [1.29, 1.82) is 0 Å². The summed E-state index contributed by atoms with van der Waals surface area (Å²) < 4.78 is 9.70. The van der Waals surface area contributed by atoms with Gasteiger partial charge in [0.2, 0.25) is 0 Å². The van der Waals surface area contributed by atoms with Gasteiger partial charge in [-0.1, -0.05) is 5.92 Å². The van der Waals surface area contributed by atoms with Gasteiger partial charge in [0.25, 0.3) is 0 Å². The summed E-state index contributed by atoms with van der Waals surface area (Å²) in [6, 6.07) is 5.07. The zero-order valence-electron chi connectivity index (χ0n) is 9.24. The summed E-state index contributed by atoms with van der Waals surface area (Å²) in [6.07, 6.45) is 0. The average Bonchev–Trinajstić information content (AvgIpc) is 2.28. The fourth-order valence-electron chi connectivity index (χ4n) is 1.06. The molecule has 1 aromatic carbocycles. The van der Waals surface area contributed by atoms with E-state index in [0.717, 1.165) is 0 Å². The van der Waals surface area contributed by atoms with Crippen molar-refractivity contribution in [2.75, 3.05) is 19.5 Å². The van der Waals surface area contributed by atoms with E-state index in [9.17, 15) is 4.79 Å². The lowest BCUT2D eigenvalue weighted by molar-refractivity contribution is -0.136. The molecule has 84 valence electrons. The molecular formula is C12H13NO3. The molecule has 0 aliphatic rings. The van der Waals surface area contributed by atoms with E-state index in [2.05, 4.69) is 16.6 Å². The minimum Gasteiger partial charge on any atom is -0.497 e. The third-order valence-corrected chi connectivity index (χ3v) is 1.84. The highest BCUT2D eigenvalue weighted by atomic mass is 16.5. The minimum atomic E-state index is -0.565. The number of methoxy groups -OCH3 is 1. The lowest BCUT2D eigenvalue weighted by Crippen LogP contribution is -2.00. The standard InChI is InChI=1S/C12H13NO3/c1-3-16-12(14)7-4-9-8-10(15-2)5-6-11(9)13/h5-6,8H,3,13H2,1-2H3. The molecule has 4 nitrogen and oxygen atoms in total. The lowest BCUT2D eigenvalue weighted by atomic mass is 10.2. The lowest BCUT2D eigenvalue weighted by Gasteiger charge is -2.02. The van der Waals surface area contributed by atoms with Crippen LogP contribution in [-0.2, 0) is 9.53 Å². The molecule has 16 heavy (non-hydrogen) atoms. The van der Waals surface area contributed by atoms with E-state index in [4.69, 9.17) is 10.5 Å². The van der Waals surface area contributed by atoms with Crippen LogP contribution in [0, 0.1) is 11.8 Å². The monoisotopic (exact) mass is 219 g/mol. The van der Waals surface area contributed by atoms with Crippen molar-refractivity contribution in [3.05, 3.63) is 23.8 Å². The van der Waals surface area contributed by atoms with Crippen LogP contribution in [0.15, 0.2) is 18.2 Å². The average molecular weight is 219 g/mol. The molecule has 0 aliphatic heterocycles. The van der Waals surface area contributed by atoms with Gasteiger partial charge < -0.3 is 15.2 Å². The highest BCUT2D eigenvalue weighted by Gasteiger charge is 1.99. The van der Waals surface area contributed by atoms with Gasteiger partial charge in [-0.25, -0.2) is 4.79 Å². The summed E-state index contributed by atoms with van der Waals surface area (Å²) in [5.41, 5.74) is 6.74. The zero-order valence-corrected chi connectivity index (χ0v) is 9.24. The molecular weight excluding hydrogens is 206 g/mol. The molecule has 0 saturated heterocycles. The van der Waals surface area contributed by atoms with Crippen LogP contribution in [0.5, 0.6) is 5.75 Å². The maximum absolute atomic E-state index is 11.0. The van der Waals surface area contributed by atoms with Crippen LogP contribution in [0.4, 0.5) is 5.69 Å². The smallest absolute Gasteiger partial charge is 0.384 e. The first kappa shape index (κ1) is 11.9. The summed E-state index contributed by atoms with van der Waals surface area (Å²) in [7, 11) is 1.55. The van der Waals surface area contributed by atoms with E-state index in [1.54, 1.807) is 32.2 Å². The Bertz CT molecular complexity index is 443. The van der Waals surface area contributed by atoms with Crippen LogP contribution in [0.1, 0.15) is 12.5 Å². The zero-order chi connectivity index (χ0) is 12.0. The van der Waals surface area contributed by atoms with Crippen LogP contribution >= 0.6 is 0 Å². The molecule has 0 bridgehead atoms. The molecule has 2 N–H and O–H groups in total. The number of benzene rings is 1.